The van der Waals surface area contributed by atoms with E-state index in [0.29, 0.717) is 42.9 Å². The first kappa shape index (κ1) is 50.0. The number of likely N-dealkylation sites (tertiary alicyclic amines) is 1. The minimum Gasteiger partial charge on any atom is -0.507 e. The Morgan fingerprint density at radius 3 is 2.12 bits per heavy atom. The first-order valence-corrected chi connectivity index (χ1v) is 24.1. The van der Waals surface area contributed by atoms with Crippen molar-refractivity contribution in [2.45, 2.75) is 123 Å². The Kier molecular flexibility index (Phi) is 17.8. The third-order valence-corrected chi connectivity index (χ3v) is 13.0. The van der Waals surface area contributed by atoms with Crippen LogP contribution in [0, 0.1) is 12.3 Å². The van der Waals surface area contributed by atoms with Gasteiger partial charge in [0.05, 0.1) is 33.6 Å². The Morgan fingerprint density at radius 1 is 0.836 bits per heavy atom. The van der Waals surface area contributed by atoms with Crippen molar-refractivity contribution in [2.24, 2.45) is 5.41 Å². The number of para-hydroxylation sites is 1. The Hall–Kier alpha value is -6.39. The Bertz CT molecular complexity index is 2440. The summed E-state index contributed by atoms with van der Waals surface area (Å²) in [5.74, 6) is -0.528. The minimum atomic E-state index is -0.868. The molecule has 0 spiro atoms. The van der Waals surface area contributed by atoms with E-state index >= 15 is 0 Å². The van der Waals surface area contributed by atoms with Gasteiger partial charge in [0.25, 0.3) is 0 Å². The van der Waals surface area contributed by atoms with Crippen LogP contribution in [0.3, 0.4) is 0 Å². The molecule has 0 bridgehead atoms. The Morgan fingerprint density at radius 2 is 1.46 bits per heavy atom. The molecule has 1 saturated heterocycles. The van der Waals surface area contributed by atoms with E-state index in [1.807, 2.05) is 87.8 Å². The standard InChI is InChI=1S/C51H65N9O6S/c1-33-46(67-32-56-33)37-23-21-36(22-24-37)30-55-49(65)42-27-38(61)31-60(42)50(66)47(51(2,3)4)57-45(64)16-10-8-6-5-7-9-15-44(63)54-29-35-19-17-34(18-20-35)25-26-53-41-28-40(58-59-48(41)52)39-13-11-12-14-43(39)62/h11-14,17-24,28,32,38,42,47,61-62H,5-10,15-16,25-27,29-31H2,1-4H3,(H2,52,59)(H,53,58)(H,54,63)(H,55,65)(H,57,64)/t38-,42+,47-/m1/s1. The largest absolute Gasteiger partial charge is 0.507 e. The van der Waals surface area contributed by atoms with Crippen LogP contribution in [0.4, 0.5) is 11.5 Å². The van der Waals surface area contributed by atoms with E-state index in [-0.39, 0.29) is 61.1 Å². The number of phenols is 1. The van der Waals surface area contributed by atoms with Gasteiger partial charge in [-0.2, -0.15) is 0 Å². The number of thiazole rings is 1. The molecule has 0 unspecified atom stereocenters. The van der Waals surface area contributed by atoms with Crippen molar-refractivity contribution < 1.29 is 29.4 Å². The molecule has 3 heterocycles. The number of rotatable bonds is 22. The van der Waals surface area contributed by atoms with Crippen molar-refractivity contribution in [3.8, 4) is 27.4 Å². The minimum absolute atomic E-state index is 0.0131. The van der Waals surface area contributed by atoms with Gasteiger partial charge in [-0.15, -0.1) is 21.5 Å². The molecule has 6 rings (SSSR count). The number of aromatic hydroxyl groups is 1. The number of nitrogen functional groups attached to an aromatic ring is 1. The summed E-state index contributed by atoms with van der Waals surface area (Å²) < 4.78 is 0. The molecule has 16 heteroatoms. The van der Waals surface area contributed by atoms with Gasteiger partial charge in [0.15, 0.2) is 5.82 Å². The number of aromatic nitrogens is 3. The predicted molar refractivity (Wildman–Crippen MR) is 263 cm³/mol. The average molecular weight is 932 g/mol. The molecule has 67 heavy (non-hydrogen) atoms. The number of nitrogens with one attached hydrogen (secondary N) is 4. The van der Waals surface area contributed by atoms with Crippen LogP contribution in [0.2, 0.25) is 0 Å². The molecule has 0 radical (unpaired) electrons. The Labute approximate surface area is 397 Å². The van der Waals surface area contributed by atoms with Crippen molar-refractivity contribution in [2.75, 3.05) is 24.1 Å². The zero-order valence-corrected chi connectivity index (χ0v) is 39.8. The summed E-state index contributed by atoms with van der Waals surface area (Å²) in [6.45, 7) is 8.98. The molecule has 5 aromatic rings. The first-order chi connectivity index (χ1) is 32.2. The lowest BCUT2D eigenvalue weighted by Crippen LogP contribution is -2.57. The number of hydrogen-bond donors (Lipinski definition) is 7. The number of aliphatic hydroxyl groups is 1. The van der Waals surface area contributed by atoms with Crippen molar-refractivity contribution in [1.82, 2.24) is 36.0 Å². The lowest BCUT2D eigenvalue weighted by atomic mass is 9.85. The molecule has 3 aromatic carbocycles. The van der Waals surface area contributed by atoms with Crippen LogP contribution in [0.1, 0.15) is 101 Å². The van der Waals surface area contributed by atoms with Gasteiger partial charge in [-0.25, -0.2) is 4.98 Å². The van der Waals surface area contributed by atoms with Gasteiger partial charge < -0.3 is 42.1 Å². The van der Waals surface area contributed by atoms with E-state index in [1.54, 1.807) is 35.6 Å². The number of phenolic OH excluding ortho intramolecular Hbond substituents is 1. The van der Waals surface area contributed by atoms with Crippen molar-refractivity contribution >= 4 is 46.5 Å². The maximum absolute atomic E-state index is 14.0. The van der Waals surface area contributed by atoms with E-state index in [1.165, 1.54) is 4.90 Å². The Balaban J connectivity index is 0.831. The van der Waals surface area contributed by atoms with Gasteiger partial charge in [0, 0.05) is 51.0 Å². The first-order valence-electron chi connectivity index (χ1n) is 23.2. The molecule has 1 aliphatic heterocycles. The highest BCUT2D eigenvalue weighted by atomic mass is 32.1. The molecule has 4 amide bonds. The SMILES string of the molecule is Cc1ncsc1-c1ccc(CNC(=O)[C@@H]2C[C@@H](O)CN2C(=O)[C@@H](NC(=O)CCCCCCCCC(=O)NCc2ccc(CCNc3cc(-c4ccccc4O)nnc3N)cc2)C(C)(C)C)cc1. The zero-order chi connectivity index (χ0) is 47.9. The topological polar surface area (TPSA) is 225 Å². The molecular formula is C51H65N9O6S. The summed E-state index contributed by atoms with van der Waals surface area (Å²) in [6, 6.07) is 23.0. The third-order valence-electron chi connectivity index (χ3n) is 12.0. The number of nitrogens with two attached hydrogens (primary N) is 1. The number of unbranched alkanes of at least 4 members (excludes halogenated alkanes) is 5. The normalized spacial score (nSPS) is 15.2. The maximum Gasteiger partial charge on any atom is 0.246 e. The van der Waals surface area contributed by atoms with Crippen molar-refractivity contribution in [1.29, 1.82) is 0 Å². The van der Waals surface area contributed by atoms with Crippen LogP contribution in [0.25, 0.3) is 21.7 Å². The number of β-amino-alcohol motifs (C(OH)–C–C–N with tert-alkyl or cyclic N) is 1. The second-order valence-electron chi connectivity index (χ2n) is 18.4. The molecule has 356 valence electrons. The molecule has 8 N–H and O–H groups in total. The molecule has 1 fully saturated rings. The fourth-order valence-electron chi connectivity index (χ4n) is 8.11. The zero-order valence-electron chi connectivity index (χ0n) is 39.0. The maximum atomic E-state index is 14.0. The van der Waals surface area contributed by atoms with Gasteiger partial charge >= 0.3 is 0 Å². The lowest BCUT2D eigenvalue weighted by molar-refractivity contribution is -0.144. The van der Waals surface area contributed by atoms with E-state index in [0.717, 1.165) is 71.3 Å². The fourth-order valence-corrected chi connectivity index (χ4v) is 8.92. The molecule has 1 aliphatic rings. The smallest absolute Gasteiger partial charge is 0.246 e. The van der Waals surface area contributed by atoms with E-state index in [2.05, 4.69) is 36.4 Å². The number of aryl methyl sites for hydroxylation is 1. The number of nitrogens with zero attached hydrogens (tertiary/aromatic N) is 4. The summed E-state index contributed by atoms with van der Waals surface area (Å²) >= 11 is 1.58. The summed E-state index contributed by atoms with van der Waals surface area (Å²) in [7, 11) is 0. The van der Waals surface area contributed by atoms with E-state index in [9.17, 15) is 29.4 Å². The average Bonchev–Trinajstić information content (AvgIpc) is 3.93. The van der Waals surface area contributed by atoms with Crippen LogP contribution in [0.5, 0.6) is 5.75 Å². The van der Waals surface area contributed by atoms with Crippen LogP contribution < -0.4 is 27.0 Å². The molecule has 15 nitrogen and oxygen atoms in total. The van der Waals surface area contributed by atoms with Crippen molar-refractivity contribution in [3.05, 3.63) is 107 Å². The number of carbonyl (C=O) groups excluding carboxylic acids is 4. The quantitative estimate of drug-likeness (QED) is 0.0348. The second kappa shape index (κ2) is 23.9. The molecule has 0 saturated carbocycles. The van der Waals surface area contributed by atoms with Gasteiger partial charge in [0.1, 0.15) is 17.8 Å². The van der Waals surface area contributed by atoms with Crippen LogP contribution in [-0.4, -0.2) is 85.2 Å². The highest BCUT2D eigenvalue weighted by molar-refractivity contribution is 7.13. The number of anilines is 2. The van der Waals surface area contributed by atoms with Crippen LogP contribution in [0.15, 0.2) is 84.4 Å². The highest BCUT2D eigenvalue weighted by Crippen LogP contribution is 2.31. The number of amides is 4. The predicted octanol–water partition coefficient (Wildman–Crippen LogP) is 7.06. The summed E-state index contributed by atoms with van der Waals surface area (Å²) in [5, 5.41) is 41.1. The number of aliphatic hydroxyl groups excluding tert-OH is 1. The molecule has 0 aliphatic carbocycles. The number of carbonyl (C=O) groups is 4. The van der Waals surface area contributed by atoms with Gasteiger partial charge in [-0.3, -0.25) is 19.2 Å². The summed E-state index contributed by atoms with van der Waals surface area (Å²) in [4.78, 5) is 60.0. The molecule has 2 aromatic heterocycles. The lowest BCUT2D eigenvalue weighted by Gasteiger charge is -2.35. The molecule has 3 atom stereocenters. The third kappa shape index (κ3) is 14.5. The number of hydrogen-bond acceptors (Lipinski definition) is 12. The van der Waals surface area contributed by atoms with Gasteiger partial charge in [-0.05, 0) is 72.1 Å². The highest BCUT2D eigenvalue weighted by Gasteiger charge is 2.44. The van der Waals surface area contributed by atoms with E-state index < -0.39 is 23.6 Å². The van der Waals surface area contributed by atoms with E-state index in [4.69, 9.17) is 5.73 Å². The second-order valence-corrected chi connectivity index (χ2v) is 19.2. The number of benzene rings is 3. The van der Waals surface area contributed by atoms with Gasteiger partial charge in [-0.1, -0.05) is 107 Å². The van der Waals surface area contributed by atoms with Crippen LogP contribution in [-0.2, 0) is 38.7 Å². The molecular weight excluding hydrogens is 867 g/mol. The summed E-state index contributed by atoms with van der Waals surface area (Å²) in [5.41, 5.74) is 14.1. The van der Waals surface area contributed by atoms with Gasteiger partial charge in [0.2, 0.25) is 23.6 Å². The monoisotopic (exact) mass is 931 g/mol. The van der Waals surface area contributed by atoms with Crippen LogP contribution >= 0.6 is 11.3 Å². The fraction of sp³-hybridized carbons (Fsp3) is 0.431. The van der Waals surface area contributed by atoms with Crippen molar-refractivity contribution in [3.63, 3.8) is 0 Å². The summed E-state index contributed by atoms with van der Waals surface area (Å²) in [6.07, 6.45) is 5.85.